The van der Waals surface area contributed by atoms with Crippen LogP contribution < -0.4 is 0 Å². The third kappa shape index (κ3) is 1.50. The highest BCUT2D eigenvalue weighted by Gasteiger charge is 2.53. The first kappa shape index (κ1) is 14.8. The second kappa shape index (κ2) is 4.41. The lowest BCUT2D eigenvalue weighted by molar-refractivity contribution is 0.336. The highest BCUT2D eigenvalue weighted by atomic mass is 16.3. The van der Waals surface area contributed by atoms with Crippen molar-refractivity contribution in [2.75, 3.05) is 0 Å². The van der Waals surface area contributed by atoms with Crippen molar-refractivity contribution in [1.29, 1.82) is 0 Å². The van der Waals surface area contributed by atoms with Crippen molar-refractivity contribution in [2.45, 2.75) is 31.6 Å². The Bertz CT molecular complexity index is 888. The highest BCUT2D eigenvalue weighted by Crippen LogP contribution is 2.62. The van der Waals surface area contributed by atoms with Gasteiger partial charge in [0.1, 0.15) is 0 Å². The summed E-state index contributed by atoms with van der Waals surface area (Å²) in [6.07, 6.45) is 1.66. The zero-order valence-corrected chi connectivity index (χ0v) is 13.0. The summed E-state index contributed by atoms with van der Waals surface area (Å²) in [5.41, 5.74) is 1.74. The standard InChI is InChI=1S/C18H18O6/c1-7-4-9-10(6-12(20)15(22)14(9)21)18(7)3-2-8-5-11(19)16(23)17(24)13(8)18/h5-7,19-24H,2-4H2,1H3. The number of rotatable bonds is 0. The lowest BCUT2D eigenvalue weighted by atomic mass is 9.70. The molecule has 6 heteroatoms. The number of aryl methyl sites for hydroxylation is 1. The van der Waals surface area contributed by atoms with Crippen molar-refractivity contribution in [2.24, 2.45) is 5.92 Å². The van der Waals surface area contributed by atoms with Gasteiger partial charge >= 0.3 is 0 Å². The Morgan fingerprint density at radius 3 is 2.21 bits per heavy atom. The second-order valence-corrected chi connectivity index (χ2v) is 6.82. The Balaban J connectivity index is 2.07. The summed E-state index contributed by atoms with van der Waals surface area (Å²) in [7, 11) is 0. The Kier molecular flexibility index (Phi) is 2.72. The first-order chi connectivity index (χ1) is 11.3. The van der Waals surface area contributed by atoms with Gasteiger partial charge in [0.25, 0.3) is 0 Å². The molecule has 2 aliphatic carbocycles. The van der Waals surface area contributed by atoms with Crippen LogP contribution in [0.2, 0.25) is 0 Å². The van der Waals surface area contributed by atoms with E-state index in [0.29, 0.717) is 36.0 Å². The Morgan fingerprint density at radius 2 is 1.50 bits per heavy atom. The average molecular weight is 330 g/mol. The Morgan fingerprint density at radius 1 is 0.875 bits per heavy atom. The minimum absolute atomic E-state index is 0.0318. The van der Waals surface area contributed by atoms with E-state index in [2.05, 4.69) is 0 Å². The molecule has 2 aliphatic rings. The molecule has 0 aliphatic heterocycles. The molecule has 0 aromatic heterocycles. The number of hydrogen-bond acceptors (Lipinski definition) is 6. The second-order valence-electron chi connectivity index (χ2n) is 6.82. The van der Waals surface area contributed by atoms with Gasteiger partial charge in [-0.1, -0.05) is 6.92 Å². The summed E-state index contributed by atoms with van der Waals surface area (Å²) in [4.78, 5) is 0. The molecule has 0 saturated heterocycles. The molecule has 6 nitrogen and oxygen atoms in total. The van der Waals surface area contributed by atoms with E-state index in [4.69, 9.17) is 0 Å². The van der Waals surface area contributed by atoms with E-state index in [0.717, 1.165) is 5.56 Å². The van der Waals surface area contributed by atoms with Gasteiger partial charge < -0.3 is 30.6 Å². The number of fused-ring (bicyclic) bond motifs is 4. The van der Waals surface area contributed by atoms with Crippen molar-refractivity contribution in [3.05, 3.63) is 34.4 Å². The van der Waals surface area contributed by atoms with E-state index < -0.39 is 22.7 Å². The first-order valence-corrected chi connectivity index (χ1v) is 7.83. The topological polar surface area (TPSA) is 121 Å². The van der Waals surface area contributed by atoms with Gasteiger partial charge in [-0.15, -0.1) is 0 Å². The van der Waals surface area contributed by atoms with Crippen molar-refractivity contribution < 1.29 is 30.6 Å². The van der Waals surface area contributed by atoms with Gasteiger partial charge in [-0.3, -0.25) is 0 Å². The molecule has 4 rings (SSSR count). The molecule has 24 heavy (non-hydrogen) atoms. The molecule has 2 aromatic carbocycles. The molecule has 1 spiro atoms. The van der Waals surface area contributed by atoms with E-state index in [1.165, 1.54) is 12.1 Å². The molecule has 2 atom stereocenters. The molecular formula is C18H18O6. The van der Waals surface area contributed by atoms with Crippen LogP contribution in [0, 0.1) is 5.92 Å². The molecule has 0 radical (unpaired) electrons. The maximum atomic E-state index is 10.5. The minimum atomic E-state index is -0.692. The van der Waals surface area contributed by atoms with Crippen LogP contribution in [-0.4, -0.2) is 30.6 Å². The van der Waals surface area contributed by atoms with Crippen LogP contribution in [0.15, 0.2) is 12.1 Å². The summed E-state index contributed by atoms with van der Waals surface area (Å²) in [5.74, 6) is -2.65. The fourth-order valence-corrected chi connectivity index (χ4v) is 4.65. The molecule has 2 unspecified atom stereocenters. The summed E-state index contributed by atoms with van der Waals surface area (Å²) in [6.45, 7) is 1.96. The van der Waals surface area contributed by atoms with Gasteiger partial charge in [-0.2, -0.15) is 0 Å². The van der Waals surface area contributed by atoms with Crippen molar-refractivity contribution >= 4 is 0 Å². The summed E-state index contributed by atoms with van der Waals surface area (Å²) in [5, 5.41) is 60.2. The summed E-state index contributed by atoms with van der Waals surface area (Å²) < 4.78 is 0. The van der Waals surface area contributed by atoms with Crippen molar-refractivity contribution in [1.82, 2.24) is 0 Å². The van der Waals surface area contributed by atoms with Gasteiger partial charge in [0.15, 0.2) is 23.0 Å². The molecule has 2 aromatic rings. The van der Waals surface area contributed by atoms with Crippen LogP contribution in [0.4, 0.5) is 0 Å². The zero-order chi connectivity index (χ0) is 17.4. The zero-order valence-electron chi connectivity index (χ0n) is 13.0. The van der Waals surface area contributed by atoms with E-state index in [9.17, 15) is 30.6 Å². The van der Waals surface area contributed by atoms with E-state index in [-0.39, 0.29) is 23.2 Å². The smallest absolute Gasteiger partial charge is 0.200 e. The van der Waals surface area contributed by atoms with Crippen LogP contribution in [0.3, 0.4) is 0 Å². The number of aromatic hydroxyl groups is 6. The Hall–Kier alpha value is -2.76. The number of hydrogen-bond donors (Lipinski definition) is 6. The average Bonchev–Trinajstić information content (AvgIpc) is 3.05. The van der Waals surface area contributed by atoms with Gasteiger partial charge in [0, 0.05) is 16.5 Å². The summed E-state index contributed by atoms with van der Waals surface area (Å²) >= 11 is 0. The van der Waals surface area contributed by atoms with Crippen molar-refractivity contribution in [3.8, 4) is 34.5 Å². The normalized spacial score (nSPS) is 24.3. The number of benzene rings is 2. The predicted molar refractivity (Wildman–Crippen MR) is 84.8 cm³/mol. The van der Waals surface area contributed by atoms with Crippen molar-refractivity contribution in [3.63, 3.8) is 0 Å². The number of phenolic OH excluding ortho intramolecular Hbond substituents is 6. The minimum Gasteiger partial charge on any atom is -0.504 e. The Labute approximate surface area is 137 Å². The summed E-state index contributed by atoms with van der Waals surface area (Å²) in [6, 6.07) is 2.87. The van der Waals surface area contributed by atoms with Gasteiger partial charge in [-0.25, -0.2) is 0 Å². The molecular weight excluding hydrogens is 312 g/mol. The molecule has 0 saturated carbocycles. The molecule has 6 N–H and O–H groups in total. The molecule has 0 bridgehead atoms. The maximum absolute atomic E-state index is 10.5. The van der Waals surface area contributed by atoms with Crippen LogP contribution in [0.5, 0.6) is 34.5 Å². The predicted octanol–water partition coefficient (Wildman–Crippen LogP) is 2.34. The SMILES string of the molecule is CC1Cc2c(cc(O)c(O)c2O)C12CCc1cc(O)c(O)c(O)c12. The van der Waals surface area contributed by atoms with E-state index >= 15 is 0 Å². The van der Waals surface area contributed by atoms with Gasteiger partial charge in [0.2, 0.25) is 11.5 Å². The van der Waals surface area contributed by atoms with E-state index in [1.807, 2.05) is 6.92 Å². The van der Waals surface area contributed by atoms with Gasteiger partial charge in [0.05, 0.1) is 0 Å². The molecule has 0 amide bonds. The first-order valence-electron chi connectivity index (χ1n) is 7.83. The lowest BCUT2D eigenvalue weighted by Gasteiger charge is -2.32. The largest absolute Gasteiger partial charge is 0.504 e. The van der Waals surface area contributed by atoms with E-state index in [1.54, 1.807) is 0 Å². The monoisotopic (exact) mass is 330 g/mol. The molecule has 126 valence electrons. The fraction of sp³-hybridized carbons (Fsp3) is 0.333. The fourth-order valence-electron chi connectivity index (χ4n) is 4.65. The maximum Gasteiger partial charge on any atom is 0.200 e. The third-order valence-corrected chi connectivity index (χ3v) is 5.76. The van der Waals surface area contributed by atoms with Crippen LogP contribution in [0.1, 0.15) is 35.6 Å². The van der Waals surface area contributed by atoms with Gasteiger partial charge in [-0.05, 0) is 48.4 Å². The van der Waals surface area contributed by atoms with Crippen LogP contribution in [0.25, 0.3) is 0 Å². The quantitative estimate of drug-likeness (QED) is 0.412. The molecule has 0 heterocycles. The third-order valence-electron chi connectivity index (χ3n) is 5.76. The highest BCUT2D eigenvalue weighted by molar-refractivity contribution is 5.69. The number of phenols is 6. The molecule has 0 fully saturated rings. The lowest BCUT2D eigenvalue weighted by Crippen LogP contribution is -2.28. The van der Waals surface area contributed by atoms with Crippen LogP contribution in [-0.2, 0) is 18.3 Å². The van der Waals surface area contributed by atoms with Crippen LogP contribution >= 0.6 is 0 Å².